The largest absolute Gasteiger partial charge is 0.395 e. The number of nitrogens with two attached hydrogens (primary N) is 1. The molecule has 0 aliphatic carbocycles. The molecule has 6 nitrogen and oxygen atoms in total. The van der Waals surface area contributed by atoms with E-state index in [-0.39, 0.29) is 42.8 Å². The normalized spacial score (nSPS) is 14.0. The summed E-state index contributed by atoms with van der Waals surface area (Å²) >= 11 is 1.48. The van der Waals surface area contributed by atoms with Crippen LogP contribution in [0.2, 0.25) is 0 Å². The summed E-state index contributed by atoms with van der Waals surface area (Å²) in [5.74, 6) is -0.659. The standard InChI is InChI=1S/C9H19N3O3S/c1-6(7(5-13)16-2)12-9(15)4-11-8(14)3-10/h6-7,13H,3-5,10H2,1-2H3,(H,11,14)(H,12,15). The zero-order valence-corrected chi connectivity index (χ0v) is 10.3. The van der Waals surface area contributed by atoms with E-state index in [0.717, 1.165) is 0 Å². The maximum absolute atomic E-state index is 11.4. The smallest absolute Gasteiger partial charge is 0.239 e. The molecule has 5 N–H and O–H groups in total. The summed E-state index contributed by atoms with van der Waals surface area (Å²) < 4.78 is 0. The Balaban J connectivity index is 3.90. The third-order valence-corrected chi connectivity index (χ3v) is 3.22. The molecule has 0 fully saturated rings. The van der Waals surface area contributed by atoms with E-state index in [1.165, 1.54) is 11.8 Å². The van der Waals surface area contributed by atoms with E-state index < -0.39 is 0 Å². The molecule has 0 radical (unpaired) electrons. The van der Waals surface area contributed by atoms with Crippen LogP contribution in [-0.2, 0) is 9.59 Å². The van der Waals surface area contributed by atoms with Crippen LogP contribution in [0.25, 0.3) is 0 Å². The zero-order chi connectivity index (χ0) is 12.6. The third kappa shape index (κ3) is 5.94. The fourth-order valence-electron chi connectivity index (χ4n) is 1.09. The van der Waals surface area contributed by atoms with Gasteiger partial charge in [0.15, 0.2) is 0 Å². The van der Waals surface area contributed by atoms with Crippen LogP contribution in [-0.4, -0.2) is 54.2 Å². The Morgan fingerprint density at radius 2 is 2.06 bits per heavy atom. The number of amides is 2. The van der Waals surface area contributed by atoms with Gasteiger partial charge in [0.2, 0.25) is 11.8 Å². The van der Waals surface area contributed by atoms with Gasteiger partial charge in [-0.1, -0.05) is 0 Å². The maximum Gasteiger partial charge on any atom is 0.239 e. The van der Waals surface area contributed by atoms with Gasteiger partial charge in [-0.05, 0) is 13.2 Å². The Kier molecular flexibility index (Phi) is 7.96. The van der Waals surface area contributed by atoms with Gasteiger partial charge in [-0.25, -0.2) is 0 Å². The van der Waals surface area contributed by atoms with E-state index in [1.807, 2.05) is 6.26 Å². The van der Waals surface area contributed by atoms with Gasteiger partial charge >= 0.3 is 0 Å². The molecule has 2 atom stereocenters. The molecule has 0 aliphatic heterocycles. The van der Waals surface area contributed by atoms with Gasteiger partial charge in [0.25, 0.3) is 0 Å². The van der Waals surface area contributed by atoms with Crippen molar-refractivity contribution < 1.29 is 14.7 Å². The fourth-order valence-corrected chi connectivity index (χ4v) is 1.71. The van der Waals surface area contributed by atoms with Gasteiger partial charge in [0.05, 0.1) is 19.7 Å². The summed E-state index contributed by atoms with van der Waals surface area (Å²) in [5.41, 5.74) is 5.07. The van der Waals surface area contributed by atoms with Crippen molar-refractivity contribution in [3.63, 3.8) is 0 Å². The Bertz CT molecular complexity index is 234. The number of nitrogens with one attached hydrogen (secondary N) is 2. The number of aliphatic hydroxyl groups excluding tert-OH is 1. The minimum Gasteiger partial charge on any atom is -0.395 e. The number of hydrogen-bond donors (Lipinski definition) is 4. The van der Waals surface area contributed by atoms with Gasteiger partial charge in [-0.15, -0.1) is 0 Å². The van der Waals surface area contributed by atoms with Crippen molar-refractivity contribution in [2.75, 3.05) is 26.0 Å². The molecule has 0 saturated heterocycles. The molecule has 16 heavy (non-hydrogen) atoms. The summed E-state index contributed by atoms with van der Waals surface area (Å²) in [6.07, 6.45) is 1.86. The number of aliphatic hydroxyl groups is 1. The highest BCUT2D eigenvalue weighted by Crippen LogP contribution is 2.09. The van der Waals surface area contributed by atoms with E-state index in [9.17, 15) is 9.59 Å². The zero-order valence-electron chi connectivity index (χ0n) is 9.53. The number of thioether (sulfide) groups is 1. The average molecular weight is 249 g/mol. The molecule has 0 aromatic heterocycles. The SMILES string of the molecule is CSC(CO)C(C)NC(=O)CNC(=O)CN. The van der Waals surface area contributed by atoms with Crippen LogP contribution in [0.15, 0.2) is 0 Å². The molecule has 2 amide bonds. The first-order chi connectivity index (χ1) is 7.54. The van der Waals surface area contributed by atoms with Crippen molar-refractivity contribution in [1.82, 2.24) is 10.6 Å². The molecule has 0 aliphatic rings. The molecular weight excluding hydrogens is 230 g/mol. The van der Waals surface area contributed by atoms with Gasteiger partial charge in [-0.2, -0.15) is 11.8 Å². The van der Waals surface area contributed by atoms with Crippen molar-refractivity contribution in [1.29, 1.82) is 0 Å². The lowest BCUT2D eigenvalue weighted by Gasteiger charge is -2.21. The Labute approximate surface area is 99.3 Å². The molecule has 0 aromatic carbocycles. The Morgan fingerprint density at radius 3 is 2.50 bits per heavy atom. The van der Waals surface area contributed by atoms with E-state index in [4.69, 9.17) is 10.8 Å². The lowest BCUT2D eigenvalue weighted by atomic mass is 10.2. The molecule has 0 saturated carbocycles. The van der Waals surface area contributed by atoms with E-state index in [2.05, 4.69) is 10.6 Å². The number of carbonyl (C=O) groups is 2. The van der Waals surface area contributed by atoms with Crippen molar-refractivity contribution in [2.45, 2.75) is 18.2 Å². The first kappa shape index (κ1) is 15.2. The Morgan fingerprint density at radius 1 is 1.44 bits per heavy atom. The first-order valence-electron chi connectivity index (χ1n) is 4.94. The number of carbonyl (C=O) groups excluding carboxylic acids is 2. The Hall–Kier alpha value is -0.790. The number of rotatable bonds is 7. The molecule has 0 spiro atoms. The molecule has 0 heterocycles. The second kappa shape index (κ2) is 8.37. The second-order valence-electron chi connectivity index (χ2n) is 3.29. The highest BCUT2D eigenvalue weighted by atomic mass is 32.2. The summed E-state index contributed by atoms with van der Waals surface area (Å²) in [6.45, 7) is 1.58. The second-order valence-corrected chi connectivity index (χ2v) is 4.37. The summed E-state index contributed by atoms with van der Waals surface area (Å²) in [4.78, 5) is 22.1. The molecule has 7 heteroatoms. The molecule has 0 rings (SSSR count). The lowest BCUT2D eigenvalue weighted by Crippen LogP contribution is -2.46. The summed E-state index contributed by atoms with van der Waals surface area (Å²) in [6, 6.07) is -0.151. The van der Waals surface area contributed by atoms with Crippen LogP contribution in [0.4, 0.5) is 0 Å². The highest BCUT2D eigenvalue weighted by Gasteiger charge is 2.17. The van der Waals surface area contributed by atoms with Crippen LogP contribution >= 0.6 is 11.8 Å². The van der Waals surface area contributed by atoms with Crippen molar-refractivity contribution >= 4 is 23.6 Å². The minimum absolute atomic E-state index is 0.00221. The molecule has 0 aromatic rings. The van der Waals surface area contributed by atoms with Gasteiger partial charge < -0.3 is 21.5 Å². The van der Waals surface area contributed by atoms with E-state index in [1.54, 1.807) is 6.92 Å². The number of hydrogen-bond acceptors (Lipinski definition) is 5. The first-order valence-corrected chi connectivity index (χ1v) is 6.23. The monoisotopic (exact) mass is 249 g/mol. The van der Waals surface area contributed by atoms with Gasteiger partial charge in [0, 0.05) is 11.3 Å². The fraction of sp³-hybridized carbons (Fsp3) is 0.778. The van der Waals surface area contributed by atoms with Crippen LogP contribution in [0.1, 0.15) is 6.92 Å². The lowest BCUT2D eigenvalue weighted by molar-refractivity contribution is -0.125. The predicted molar refractivity (Wildman–Crippen MR) is 64.1 cm³/mol. The van der Waals surface area contributed by atoms with Crippen LogP contribution in [0.5, 0.6) is 0 Å². The highest BCUT2D eigenvalue weighted by molar-refractivity contribution is 7.99. The van der Waals surface area contributed by atoms with Crippen LogP contribution in [0, 0.1) is 0 Å². The van der Waals surface area contributed by atoms with Crippen molar-refractivity contribution in [3.8, 4) is 0 Å². The molecule has 94 valence electrons. The topological polar surface area (TPSA) is 104 Å². The average Bonchev–Trinajstić information content (AvgIpc) is 2.27. The van der Waals surface area contributed by atoms with Crippen molar-refractivity contribution in [2.24, 2.45) is 5.73 Å². The summed E-state index contributed by atoms with van der Waals surface area (Å²) in [5, 5.41) is 14.0. The van der Waals surface area contributed by atoms with Gasteiger partial charge in [-0.3, -0.25) is 9.59 Å². The van der Waals surface area contributed by atoms with Crippen LogP contribution < -0.4 is 16.4 Å². The quantitative estimate of drug-likeness (QED) is 0.430. The van der Waals surface area contributed by atoms with Crippen molar-refractivity contribution in [3.05, 3.63) is 0 Å². The maximum atomic E-state index is 11.4. The molecule has 2 unspecified atom stereocenters. The minimum atomic E-state index is -0.369. The van der Waals surface area contributed by atoms with Gasteiger partial charge in [0.1, 0.15) is 0 Å². The third-order valence-electron chi connectivity index (χ3n) is 2.06. The summed E-state index contributed by atoms with van der Waals surface area (Å²) in [7, 11) is 0. The molecule has 0 bridgehead atoms. The van der Waals surface area contributed by atoms with Crippen LogP contribution in [0.3, 0.4) is 0 Å². The van der Waals surface area contributed by atoms with E-state index >= 15 is 0 Å². The van der Waals surface area contributed by atoms with E-state index in [0.29, 0.717) is 0 Å². The predicted octanol–water partition coefficient (Wildman–Crippen LogP) is -1.71. The molecular formula is C9H19N3O3S.